The predicted molar refractivity (Wildman–Crippen MR) is 108 cm³/mol. The van der Waals surface area contributed by atoms with E-state index >= 15 is 0 Å². The number of hydrogen-bond donors (Lipinski definition) is 1. The van der Waals surface area contributed by atoms with E-state index < -0.39 is 0 Å². The molecule has 0 saturated carbocycles. The standard InChI is InChI=1S/C20H20ClNO4S/c1-13(23)15-4-2-5-16(10-15)22-19(24)12-27-11-14-8-17(21)20-18(9-14)25-6-3-7-26-20/h2,4-5,8-10H,3,6-7,11-12H2,1H3,(H,22,24). The highest BCUT2D eigenvalue weighted by atomic mass is 35.5. The van der Waals surface area contributed by atoms with E-state index in [0.717, 1.165) is 12.0 Å². The fraction of sp³-hybridized carbons (Fsp3) is 0.300. The Balaban J connectivity index is 1.54. The molecule has 0 spiro atoms. The maximum absolute atomic E-state index is 12.1. The number of carbonyl (C=O) groups excluding carboxylic acids is 2. The minimum absolute atomic E-state index is 0.0354. The Labute approximate surface area is 167 Å². The Kier molecular flexibility index (Phi) is 6.63. The lowest BCUT2D eigenvalue weighted by molar-refractivity contribution is -0.113. The fourth-order valence-corrected chi connectivity index (χ4v) is 3.69. The summed E-state index contributed by atoms with van der Waals surface area (Å²) >= 11 is 7.76. The molecule has 0 aromatic heterocycles. The first-order valence-corrected chi connectivity index (χ1v) is 10.1. The third-order valence-electron chi connectivity index (χ3n) is 3.92. The number of fused-ring (bicyclic) bond motifs is 1. The third kappa shape index (κ3) is 5.40. The number of ketones is 1. The third-order valence-corrected chi connectivity index (χ3v) is 5.20. The SMILES string of the molecule is CC(=O)c1cccc(NC(=O)CSCc2cc(Cl)c3c(c2)OCCCO3)c1. The molecule has 0 unspecified atom stereocenters. The number of hydrogen-bond acceptors (Lipinski definition) is 5. The smallest absolute Gasteiger partial charge is 0.234 e. The molecule has 2 aromatic carbocycles. The Morgan fingerprint density at radius 3 is 2.81 bits per heavy atom. The van der Waals surface area contributed by atoms with Crippen molar-refractivity contribution in [2.75, 3.05) is 24.3 Å². The van der Waals surface area contributed by atoms with Crippen LogP contribution in [0.4, 0.5) is 5.69 Å². The van der Waals surface area contributed by atoms with Crippen LogP contribution in [0.2, 0.25) is 5.02 Å². The zero-order valence-corrected chi connectivity index (χ0v) is 16.5. The van der Waals surface area contributed by atoms with Gasteiger partial charge in [0.15, 0.2) is 17.3 Å². The average Bonchev–Trinajstić information content (AvgIpc) is 2.88. The summed E-state index contributed by atoms with van der Waals surface area (Å²) in [5.74, 6) is 1.99. The molecule has 0 atom stereocenters. The molecule has 0 aliphatic carbocycles. The van der Waals surface area contributed by atoms with Gasteiger partial charge in [0, 0.05) is 23.4 Å². The highest BCUT2D eigenvalue weighted by molar-refractivity contribution is 7.99. The molecule has 0 fully saturated rings. The monoisotopic (exact) mass is 405 g/mol. The number of nitrogens with one attached hydrogen (secondary N) is 1. The minimum Gasteiger partial charge on any atom is -0.489 e. The van der Waals surface area contributed by atoms with Crippen LogP contribution >= 0.6 is 23.4 Å². The van der Waals surface area contributed by atoms with Crippen LogP contribution in [0, 0.1) is 0 Å². The van der Waals surface area contributed by atoms with Crippen molar-refractivity contribution in [1.82, 2.24) is 0 Å². The summed E-state index contributed by atoms with van der Waals surface area (Å²) in [5, 5.41) is 3.33. The van der Waals surface area contributed by atoms with E-state index in [1.54, 1.807) is 24.3 Å². The Hall–Kier alpha value is -2.18. The first-order chi connectivity index (χ1) is 13.0. The van der Waals surface area contributed by atoms with Crippen molar-refractivity contribution in [2.45, 2.75) is 19.1 Å². The van der Waals surface area contributed by atoms with E-state index in [9.17, 15) is 9.59 Å². The van der Waals surface area contributed by atoms with E-state index in [0.29, 0.717) is 46.7 Å². The van der Waals surface area contributed by atoms with Crippen LogP contribution < -0.4 is 14.8 Å². The van der Waals surface area contributed by atoms with Gasteiger partial charge in [-0.1, -0.05) is 23.7 Å². The summed E-state index contributed by atoms with van der Waals surface area (Å²) in [6.45, 7) is 2.69. The molecule has 3 rings (SSSR count). The van der Waals surface area contributed by atoms with E-state index in [1.807, 2.05) is 12.1 Å². The second-order valence-electron chi connectivity index (χ2n) is 6.13. The van der Waals surface area contributed by atoms with Crippen molar-refractivity contribution in [3.63, 3.8) is 0 Å². The maximum atomic E-state index is 12.1. The normalized spacial score (nSPS) is 13.0. The van der Waals surface area contributed by atoms with Crippen molar-refractivity contribution < 1.29 is 19.1 Å². The van der Waals surface area contributed by atoms with E-state index in [1.165, 1.54) is 18.7 Å². The summed E-state index contributed by atoms with van der Waals surface area (Å²) in [6.07, 6.45) is 0.820. The summed E-state index contributed by atoms with van der Waals surface area (Å²) in [7, 11) is 0. The summed E-state index contributed by atoms with van der Waals surface area (Å²) in [6, 6.07) is 10.7. The van der Waals surface area contributed by atoms with Crippen molar-refractivity contribution in [3.8, 4) is 11.5 Å². The molecule has 0 saturated heterocycles. The lowest BCUT2D eigenvalue weighted by Crippen LogP contribution is -2.14. The molecule has 1 aliphatic rings. The lowest BCUT2D eigenvalue weighted by Gasteiger charge is -2.11. The highest BCUT2D eigenvalue weighted by Gasteiger charge is 2.16. The topological polar surface area (TPSA) is 64.6 Å². The molecule has 0 radical (unpaired) electrons. The number of carbonyl (C=O) groups is 2. The number of ether oxygens (including phenoxy) is 2. The predicted octanol–water partition coefficient (Wildman–Crippen LogP) is 4.58. The van der Waals surface area contributed by atoms with Crippen LogP contribution in [0.5, 0.6) is 11.5 Å². The molecular formula is C20H20ClNO4S. The molecule has 1 amide bonds. The molecular weight excluding hydrogens is 386 g/mol. The van der Waals surface area contributed by atoms with Crippen molar-refractivity contribution in [3.05, 3.63) is 52.5 Å². The Morgan fingerprint density at radius 2 is 2.00 bits per heavy atom. The zero-order chi connectivity index (χ0) is 19.2. The van der Waals surface area contributed by atoms with Crippen molar-refractivity contribution in [1.29, 1.82) is 0 Å². The Bertz CT molecular complexity index is 856. The van der Waals surface area contributed by atoms with Gasteiger partial charge in [-0.05, 0) is 36.8 Å². The van der Waals surface area contributed by atoms with Gasteiger partial charge in [0.1, 0.15) is 0 Å². The largest absolute Gasteiger partial charge is 0.489 e. The highest BCUT2D eigenvalue weighted by Crippen LogP contribution is 2.38. The first kappa shape index (κ1) is 19.6. The van der Waals surface area contributed by atoms with Gasteiger partial charge in [0.2, 0.25) is 5.91 Å². The number of halogens is 1. The molecule has 2 aromatic rings. The second kappa shape index (κ2) is 9.15. The summed E-state index contributed by atoms with van der Waals surface area (Å²) in [4.78, 5) is 23.6. The fourth-order valence-electron chi connectivity index (χ4n) is 2.64. The lowest BCUT2D eigenvalue weighted by atomic mass is 10.1. The van der Waals surface area contributed by atoms with E-state index in [2.05, 4.69) is 5.32 Å². The Morgan fingerprint density at radius 1 is 1.19 bits per heavy atom. The number of amides is 1. The molecule has 0 bridgehead atoms. The van der Waals surface area contributed by atoms with Gasteiger partial charge in [0.25, 0.3) is 0 Å². The van der Waals surface area contributed by atoms with Gasteiger partial charge < -0.3 is 14.8 Å². The number of Topliss-reactive ketones (excluding diaryl/α,β-unsaturated/α-hetero) is 1. The second-order valence-corrected chi connectivity index (χ2v) is 7.53. The van der Waals surface area contributed by atoms with E-state index in [-0.39, 0.29) is 17.4 Å². The van der Waals surface area contributed by atoms with Gasteiger partial charge in [-0.2, -0.15) is 0 Å². The first-order valence-electron chi connectivity index (χ1n) is 8.59. The van der Waals surface area contributed by atoms with Crippen LogP contribution in [-0.2, 0) is 10.5 Å². The van der Waals surface area contributed by atoms with Gasteiger partial charge in [-0.3, -0.25) is 9.59 Å². The average molecular weight is 406 g/mol. The number of rotatable bonds is 6. The van der Waals surface area contributed by atoms with Crippen LogP contribution in [0.3, 0.4) is 0 Å². The molecule has 1 aliphatic heterocycles. The van der Waals surface area contributed by atoms with Gasteiger partial charge in [-0.15, -0.1) is 11.8 Å². The van der Waals surface area contributed by atoms with Crippen molar-refractivity contribution in [2.24, 2.45) is 0 Å². The van der Waals surface area contributed by atoms with Crippen LogP contribution in [0.15, 0.2) is 36.4 Å². The van der Waals surface area contributed by atoms with E-state index in [4.69, 9.17) is 21.1 Å². The van der Waals surface area contributed by atoms with Crippen LogP contribution in [0.1, 0.15) is 29.3 Å². The molecule has 1 heterocycles. The number of benzene rings is 2. The van der Waals surface area contributed by atoms with Crippen molar-refractivity contribution >= 4 is 40.7 Å². The summed E-state index contributed by atoms with van der Waals surface area (Å²) in [5.41, 5.74) is 2.16. The molecule has 5 nitrogen and oxygen atoms in total. The van der Waals surface area contributed by atoms with Gasteiger partial charge >= 0.3 is 0 Å². The summed E-state index contributed by atoms with van der Waals surface area (Å²) < 4.78 is 11.3. The molecule has 7 heteroatoms. The molecule has 27 heavy (non-hydrogen) atoms. The zero-order valence-electron chi connectivity index (χ0n) is 14.9. The van der Waals surface area contributed by atoms with Gasteiger partial charge in [-0.25, -0.2) is 0 Å². The van der Waals surface area contributed by atoms with Crippen LogP contribution in [0.25, 0.3) is 0 Å². The molecule has 142 valence electrons. The van der Waals surface area contributed by atoms with Crippen LogP contribution in [-0.4, -0.2) is 30.7 Å². The quantitative estimate of drug-likeness (QED) is 0.713. The number of thioether (sulfide) groups is 1. The maximum Gasteiger partial charge on any atom is 0.234 e. The minimum atomic E-state index is -0.124. The molecule has 1 N–H and O–H groups in total. The van der Waals surface area contributed by atoms with Gasteiger partial charge in [0.05, 0.1) is 24.0 Å². The number of anilines is 1.